The fourth-order valence-corrected chi connectivity index (χ4v) is 1.15. The Kier molecular flexibility index (Phi) is 7.18. The fourth-order valence-electron chi connectivity index (χ4n) is 1.15. The van der Waals surface area contributed by atoms with Gasteiger partial charge < -0.3 is 37.0 Å². The smallest absolute Gasteiger partial charge is 0.335 e. The molecule has 1 atom stereocenters. The van der Waals surface area contributed by atoms with Crippen LogP contribution in [0.2, 0.25) is 0 Å². The largest absolute Gasteiger partial charge is 0.504 e. The van der Waals surface area contributed by atoms with Crippen molar-refractivity contribution in [1.29, 1.82) is 0 Å². The molecular formula is C12H16N2O8. The Morgan fingerprint density at radius 1 is 1.05 bits per heavy atom. The van der Waals surface area contributed by atoms with E-state index in [4.69, 9.17) is 37.0 Å². The number of primary amides is 1. The Bertz CT molecular complexity index is 549. The van der Waals surface area contributed by atoms with Gasteiger partial charge in [-0.25, -0.2) is 4.79 Å². The molecular weight excluding hydrogens is 300 g/mol. The lowest BCUT2D eigenvalue weighted by Gasteiger charge is -2.01. The molecule has 0 bridgehead atoms. The highest BCUT2D eigenvalue weighted by molar-refractivity contribution is 5.89. The molecule has 0 saturated carbocycles. The number of benzene rings is 1. The number of aliphatic carboxylic acids is 1. The standard InChI is InChI=1S/C7H6O5.C5H10N2O3/c8-4-1-3(7(11)12)2-5(9)6(4)10;6-3(5(9)10)1-2-4(7)8/h1-2,8-10H,(H,11,12);3H,1-2,6H2,(H2,7,8)(H,9,10). The Morgan fingerprint density at radius 2 is 1.50 bits per heavy atom. The molecule has 9 N–H and O–H groups in total. The van der Waals surface area contributed by atoms with Crippen LogP contribution in [0.5, 0.6) is 17.2 Å². The van der Waals surface area contributed by atoms with E-state index in [-0.39, 0.29) is 18.4 Å². The van der Waals surface area contributed by atoms with Crippen LogP contribution >= 0.6 is 0 Å². The molecule has 1 unspecified atom stereocenters. The van der Waals surface area contributed by atoms with Crippen LogP contribution in [0.15, 0.2) is 12.1 Å². The summed E-state index contributed by atoms with van der Waals surface area (Å²) in [5, 5.41) is 43.2. The van der Waals surface area contributed by atoms with Crippen LogP contribution in [0.4, 0.5) is 0 Å². The molecule has 0 aliphatic heterocycles. The second-order valence-corrected chi connectivity index (χ2v) is 4.12. The summed E-state index contributed by atoms with van der Waals surface area (Å²) >= 11 is 0. The molecule has 1 rings (SSSR count). The van der Waals surface area contributed by atoms with Crippen LogP contribution in [0.1, 0.15) is 23.2 Å². The lowest BCUT2D eigenvalue weighted by molar-refractivity contribution is -0.138. The van der Waals surface area contributed by atoms with E-state index in [0.29, 0.717) is 0 Å². The summed E-state index contributed by atoms with van der Waals surface area (Å²) < 4.78 is 0. The minimum absolute atomic E-state index is 0.0213. The molecule has 10 heteroatoms. The first-order chi connectivity index (χ1) is 10.1. The second-order valence-electron chi connectivity index (χ2n) is 4.12. The highest BCUT2D eigenvalue weighted by Crippen LogP contribution is 2.35. The molecule has 0 aliphatic rings. The van der Waals surface area contributed by atoms with E-state index in [2.05, 4.69) is 0 Å². The number of nitrogens with two attached hydrogens (primary N) is 2. The predicted molar refractivity (Wildman–Crippen MR) is 72.4 cm³/mol. The van der Waals surface area contributed by atoms with Crippen LogP contribution in [0.3, 0.4) is 0 Å². The Labute approximate surface area is 124 Å². The maximum absolute atomic E-state index is 10.3. The maximum atomic E-state index is 10.3. The number of aromatic hydroxyl groups is 3. The first-order valence-electron chi connectivity index (χ1n) is 5.81. The van der Waals surface area contributed by atoms with Gasteiger partial charge in [0.15, 0.2) is 17.2 Å². The molecule has 0 aromatic heterocycles. The fraction of sp³-hybridized carbons (Fsp3) is 0.250. The molecule has 1 aromatic rings. The van der Waals surface area contributed by atoms with Gasteiger partial charge >= 0.3 is 11.9 Å². The van der Waals surface area contributed by atoms with E-state index < -0.39 is 41.1 Å². The van der Waals surface area contributed by atoms with E-state index in [1.165, 1.54) is 0 Å². The number of carbonyl (C=O) groups is 3. The lowest BCUT2D eigenvalue weighted by Crippen LogP contribution is -2.31. The Morgan fingerprint density at radius 3 is 1.82 bits per heavy atom. The molecule has 22 heavy (non-hydrogen) atoms. The zero-order chi connectivity index (χ0) is 17.4. The summed E-state index contributed by atoms with van der Waals surface area (Å²) in [4.78, 5) is 30.4. The van der Waals surface area contributed by atoms with Gasteiger partial charge in [0.1, 0.15) is 6.04 Å². The number of rotatable bonds is 5. The van der Waals surface area contributed by atoms with Crippen molar-refractivity contribution in [1.82, 2.24) is 0 Å². The summed E-state index contributed by atoms with van der Waals surface area (Å²) in [6.45, 7) is 0. The molecule has 1 amide bonds. The summed E-state index contributed by atoms with van der Waals surface area (Å²) in [7, 11) is 0. The number of hydrogen-bond acceptors (Lipinski definition) is 7. The minimum atomic E-state index is -1.29. The van der Waals surface area contributed by atoms with Crippen molar-refractivity contribution in [3.8, 4) is 17.2 Å². The molecule has 0 spiro atoms. The van der Waals surface area contributed by atoms with Crippen molar-refractivity contribution in [3.05, 3.63) is 17.7 Å². The van der Waals surface area contributed by atoms with Crippen LogP contribution in [-0.4, -0.2) is 49.4 Å². The summed E-state index contributed by atoms with van der Waals surface area (Å²) in [5.74, 6) is -4.97. The van der Waals surface area contributed by atoms with E-state index >= 15 is 0 Å². The topological polar surface area (TPSA) is 204 Å². The van der Waals surface area contributed by atoms with Gasteiger partial charge in [0.05, 0.1) is 5.56 Å². The van der Waals surface area contributed by atoms with E-state index in [9.17, 15) is 14.4 Å². The zero-order valence-corrected chi connectivity index (χ0v) is 11.3. The van der Waals surface area contributed by atoms with Crippen LogP contribution in [0, 0.1) is 0 Å². The first-order valence-corrected chi connectivity index (χ1v) is 5.81. The maximum Gasteiger partial charge on any atom is 0.335 e. The normalized spacial score (nSPS) is 11.0. The minimum Gasteiger partial charge on any atom is -0.504 e. The number of carboxylic acid groups (broad SMARTS) is 2. The van der Waals surface area contributed by atoms with Gasteiger partial charge in [-0.3, -0.25) is 9.59 Å². The summed E-state index contributed by atoms with van der Waals surface area (Å²) in [6, 6.07) is 0.710. The molecule has 0 radical (unpaired) electrons. The van der Waals surface area contributed by atoms with Gasteiger partial charge in [-0.2, -0.15) is 0 Å². The highest BCUT2D eigenvalue weighted by Gasteiger charge is 2.12. The van der Waals surface area contributed by atoms with E-state index in [1.807, 2.05) is 0 Å². The number of carbonyl (C=O) groups excluding carboxylic acids is 1. The van der Waals surface area contributed by atoms with E-state index in [1.54, 1.807) is 0 Å². The molecule has 0 aliphatic carbocycles. The number of phenols is 3. The second kappa shape index (κ2) is 8.32. The molecule has 122 valence electrons. The van der Waals surface area contributed by atoms with Crippen molar-refractivity contribution < 1.29 is 39.9 Å². The van der Waals surface area contributed by atoms with E-state index in [0.717, 1.165) is 12.1 Å². The number of phenolic OH excluding ortho intramolecular Hbond substituents is 3. The van der Waals surface area contributed by atoms with Crippen molar-refractivity contribution >= 4 is 17.8 Å². The molecule has 0 fully saturated rings. The quantitative estimate of drug-likeness (QED) is 0.338. The number of hydrogen-bond donors (Lipinski definition) is 7. The third-order valence-corrected chi connectivity index (χ3v) is 2.34. The van der Waals surface area contributed by atoms with Crippen LogP contribution < -0.4 is 11.5 Å². The molecule has 1 aromatic carbocycles. The summed E-state index contributed by atoms with van der Waals surface area (Å²) in [6.07, 6.45) is 0.123. The summed E-state index contributed by atoms with van der Waals surface area (Å²) in [5.41, 5.74) is 9.52. The van der Waals surface area contributed by atoms with Crippen molar-refractivity contribution in [3.63, 3.8) is 0 Å². The van der Waals surface area contributed by atoms with Crippen molar-refractivity contribution in [2.45, 2.75) is 18.9 Å². The van der Waals surface area contributed by atoms with Gasteiger partial charge in [-0.05, 0) is 18.6 Å². The highest BCUT2D eigenvalue weighted by atomic mass is 16.4. The Hall–Kier alpha value is -3.01. The third kappa shape index (κ3) is 6.43. The lowest BCUT2D eigenvalue weighted by atomic mass is 10.2. The van der Waals surface area contributed by atoms with Gasteiger partial charge in [0, 0.05) is 6.42 Å². The SMILES string of the molecule is NC(=O)CCC(N)C(=O)O.O=C(O)c1cc(O)c(O)c(O)c1. The zero-order valence-electron chi connectivity index (χ0n) is 11.3. The Balaban J connectivity index is 0.000000409. The van der Waals surface area contributed by atoms with Crippen LogP contribution in [-0.2, 0) is 9.59 Å². The van der Waals surface area contributed by atoms with Crippen molar-refractivity contribution in [2.75, 3.05) is 0 Å². The third-order valence-electron chi connectivity index (χ3n) is 2.34. The van der Waals surface area contributed by atoms with Gasteiger partial charge in [-0.1, -0.05) is 0 Å². The number of carboxylic acids is 2. The molecule has 0 saturated heterocycles. The number of aromatic carboxylic acids is 1. The number of amides is 1. The van der Waals surface area contributed by atoms with Crippen molar-refractivity contribution in [2.24, 2.45) is 11.5 Å². The average molecular weight is 316 g/mol. The first kappa shape index (κ1) is 19.0. The van der Waals surface area contributed by atoms with Gasteiger partial charge in [0.2, 0.25) is 5.91 Å². The van der Waals surface area contributed by atoms with Gasteiger partial charge in [0.25, 0.3) is 0 Å². The van der Waals surface area contributed by atoms with Gasteiger partial charge in [-0.15, -0.1) is 0 Å². The van der Waals surface area contributed by atoms with Crippen LogP contribution in [0.25, 0.3) is 0 Å². The monoisotopic (exact) mass is 316 g/mol. The predicted octanol–water partition coefficient (Wildman–Crippen LogP) is -0.835. The molecule has 0 heterocycles. The molecule has 10 nitrogen and oxygen atoms in total. The average Bonchev–Trinajstić information content (AvgIpc) is 2.41.